The van der Waals surface area contributed by atoms with Gasteiger partial charge in [-0.25, -0.2) is 4.98 Å². The van der Waals surface area contributed by atoms with Crippen LogP contribution in [0.3, 0.4) is 0 Å². The highest BCUT2D eigenvalue weighted by Gasteiger charge is 2.19. The molecule has 20 heavy (non-hydrogen) atoms. The summed E-state index contributed by atoms with van der Waals surface area (Å²) < 4.78 is 0. The first-order valence-corrected chi connectivity index (χ1v) is 7.39. The van der Waals surface area contributed by atoms with Gasteiger partial charge in [-0.05, 0) is 25.3 Å². The SMILES string of the molecule is O=CN1CCN(c2ccnc(N3CCCCC3)n2)CC1. The second-order valence-corrected chi connectivity index (χ2v) is 5.39. The van der Waals surface area contributed by atoms with Crippen LogP contribution in [0.4, 0.5) is 11.8 Å². The van der Waals surface area contributed by atoms with E-state index in [0.717, 1.165) is 57.4 Å². The van der Waals surface area contributed by atoms with Gasteiger partial charge in [0.05, 0.1) is 0 Å². The smallest absolute Gasteiger partial charge is 0.227 e. The van der Waals surface area contributed by atoms with Gasteiger partial charge in [0.1, 0.15) is 5.82 Å². The second kappa shape index (κ2) is 6.07. The lowest BCUT2D eigenvalue weighted by atomic mass is 10.1. The molecule has 3 rings (SSSR count). The zero-order valence-corrected chi connectivity index (χ0v) is 11.7. The summed E-state index contributed by atoms with van der Waals surface area (Å²) in [5.41, 5.74) is 0. The summed E-state index contributed by atoms with van der Waals surface area (Å²) in [5.74, 6) is 1.83. The van der Waals surface area contributed by atoms with Crippen molar-refractivity contribution in [2.75, 3.05) is 49.1 Å². The Bertz CT molecular complexity index is 453. The van der Waals surface area contributed by atoms with Crippen LogP contribution < -0.4 is 9.80 Å². The van der Waals surface area contributed by atoms with Crippen molar-refractivity contribution in [2.45, 2.75) is 19.3 Å². The normalized spacial score (nSPS) is 20.1. The average molecular weight is 275 g/mol. The number of anilines is 2. The average Bonchev–Trinajstić information content (AvgIpc) is 2.56. The molecule has 0 N–H and O–H groups in total. The molecular formula is C14H21N5O. The van der Waals surface area contributed by atoms with E-state index >= 15 is 0 Å². The number of carbonyl (C=O) groups excluding carboxylic acids is 1. The topological polar surface area (TPSA) is 52.6 Å². The number of hydrogen-bond acceptors (Lipinski definition) is 5. The highest BCUT2D eigenvalue weighted by Crippen LogP contribution is 2.19. The van der Waals surface area contributed by atoms with Gasteiger partial charge in [-0.3, -0.25) is 4.79 Å². The van der Waals surface area contributed by atoms with E-state index in [1.807, 2.05) is 17.2 Å². The van der Waals surface area contributed by atoms with Gasteiger partial charge in [0, 0.05) is 45.5 Å². The fourth-order valence-corrected chi connectivity index (χ4v) is 2.82. The minimum Gasteiger partial charge on any atom is -0.353 e. The first kappa shape index (κ1) is 13.1. The Hall–Kier alpha value is -1.85. The molecule has 2 aliphatic rings. The number of hydrogen-bond donors (Lipinski definition) is 0. The first-order valence-electron chi connectivity index (χ1n) is 7.39. The van der Waals surface area contributed by atoms with Crippen LogP contribution in [0.1, 0.15) is 19.3 Å². The summed E-state index contributed by atoms with van der Waals surface area (Å²) >= 11 is 0. The molecule has 1 amide bonds. The largest absolute Gasteiger partial charge is 0.353 e. The fourth-order valence-electron chi connectivity index (χ4n) is 2.82. The maximum Gasteiger partial charge on any atom is 0.227 e. The molecule has 1 aromatic heterocycles. The molecule has 0 saturated carbocycles. The Morgan fingerprint density at radius 3 is 2.40 bits per heavy atom. The Kier molecular flexibility index (Phi) is 3.99. The van der Waals surface area contributed by atoms with E-state index < -0.39 is 0 Å². The number of nitrogens with zero attached hydrogens (tertiary/aromatic N) is 5. The van der Waals surface area contributed by atoms with Crippen molar-refractivity contribution in [3.05, 3.63) is 12.3 Å². The van der Waals surface area contributed by atoms with Crippen LogP contribution in [0.2, 0.25) is 0 Å². The Morgan fingerprint density at radius 2 is 1.70 bits per heavy atom. The number of piperazine rings is 1. The van der Waals surface area contributed by atoms with Gasteiger partial charge in [0.15, 0.2) is 0 Å². The number of piperidine rings is 1. The lowest BCUT2D eigenvalue weighted by Gasteiger charge is -2.34. The maximum absolute atomic E-state index is 10.7. The van der Waals surface area contributed by atoms with E-state index in [-0.39, 0.29) is 0 Å². The molecule has 0 aliphatic carbocycles. The van der Waals surface area contributed by atoms with Gasteiger partial charge in [0.25, 0.3) is 0 Å². The number of carbonyl (C=O) groups is 1. The number of amides is 1. The van der Waals surface area contributed by atoms with Crippen LogP contribution in [-0.4, -0.2) is 60.5 Å². The van der Waals surface area contributed by atoms with Crippen molar-refractivity contribution in [3.8, 4) is 0 Å². The van der Waals surface area contributed by atoms with Crippen molar-refractivity contribution >= 4 is 18.2 Å². The van der Waals surface area contributed by atoms with Gasteiger partial charge >= 0.3 is 0 Å². The maximum atomic E-state index is 10.7. The highest BCUT2D eigenvalue weighted by molar-refractivity contribution is 5.49. The second-order valence-electron chi connectivity index (χ2n) is 5.39. The molecule has 3 heterocycles. The van der Waals surface area contributed by atoms with Gasteiger partial charge in [-0.1, -0.05) is 0 Å². The zero-order chi connectivity index (χ0) is 13.8. The molecule has 0 aromatic carbocycles. The zero-order valence-electron chi connectivity index (χ0n) is 11.7. The van der Waals surface area contributed by atoms with Crippen LogP contribution in [0.5, 0.6) is 0 Å². The predicted octanol–water partition coefficient (Wildman–Crippen LogP) is 0.745. The van der Waals surface area contributed by atoms with E-state index in [1.165, 1.54) is 19.3 Å². The molecule has 0 atom stereocenters. The molecule has 0 radical (unpaired) electrons. The van der Waals surface area contributed by atoms with E-state index in [9.17, 15) is 4.79 Å². The van der Waals surface area contributed by atoms with Crippen molar-refractivity contribution in [2.24, 2.45) is 0 Å². The third kappa shape index (κ3) is 2.84. The standard InChI is InChI=1S/C14H21N5O/c20-12-17-8-10-18(11-9-17)13-4-5-15-14(16-13)19-6-2-1-3-7-19/h4-5,12H,1-3,6-11H2. The molecule has 6 nitrogen and oxygen atoms in total. The van der Waals surface area contributed by atoms with Crippen LogP contribution in [0, 0.1) is 0 Å². The summed E-state index contributed by atoms with van der Waals surface area (Å²) in [7, 11) is 0. The van der Waals surface area contributed by atoms with Gasteiger partial charge in [0.2, 0.25) is 12.4 Å². The van der Waals surface area contributed by atoms with Crippen LogP contribution in [0.15, 0.2) is 12.3 Å². The minimum atomic E-state index is 0.770. The van der Waals surface area contributed by atoms with E-state index in [2.05, 4.69) is 14.8 Å². The van der Waals surface area contributed by atoms with Crippen molar-refractivity contribution in [3.63, 3.8) is 0 Å². The van der Waals surface area contributed by atoms with Crippen molar-refractivity contribution in [1.82, 2.24) is 14.9 Å². The van der Waals surface area contributed by atoms with Gasteiger partial charge < -0.3 is 14.7 Å². The quantitative estimate of drug-likeness (QED) is 0.762. The van der Waals surface area contributed by atoms with E-state index in [1.54, 1.807) is 0 Å². The Labute approximate surface area is 119 Å². The van der Waals surface area contributed by atoms with Crippen molar-refractivity contribution in [1.29, 1.82) is 0 Å². The molecule has 108 valence electrons. The van der Waals surface area contributed by atoms with Gasteiger partial charge in [-0.2, -0.15) is 4.98 Å². The number of aromatic nitrogens is 2. The summed E-state index contributed by atoms with van der Waals surface area (Å²) in [4.78, 5) is 26.2. The summed E-state index contributed by atoms with van der Waals surface area (Å²) in [6.45, 7) is 5.34. The van der Waals surface area contributed by atoms with E-state index in [4.69, 9.17) is 4.98 Å². The highest BCUT2D eigenvalue weighted by atomic mass is 16.1. The third-order valence-electron chi connectivity index (χ3n) is 4.05. The molecular weight excluding hydrogens is 254 g/mol. The lowest BCUT2D eigenvalue weighted by Crippen LogP contribution is -2.46. The minimum absolute atomic E-state index is 0.770. The fraction of sp³-hybridized carbons (Fsp3) is 0.643. The molecule has 0 unspecified atom stereocenters. The Balaban J connectivity index is 1.69. The van der Waals surface area contributed by atoms with Gasteiger partial charge in [-0.15, -0.1) is 0 Å². The van der Waals surface area contributed by atoms with Crippen LogP contribution >= 0.6 is 0 Å². The first-order chi connectivity index (χ1) is 9.86. The molecule has 0 spiro atoms. The molecule has 2 saturated heterocycles. The molecule has 2 fully saturated rings. The summed E-state index contributed by atoms with van der Waals surface area (Å²) in [6.07, 6.45) is 6.54. The summed E-state index contributed by atoms with van der Waals surface area (Å²) in [5, 5.41) is 0. The molecule has 2 aliphatic heterocycles. The summed E-state index contributed by atoms with van der Waals surface area (Å²) in [6, 6.07) is 1.96. The van der Waals surface area contributed by atoms with Crippen LogP contribution in [0.25, 0.3) is 0 Å². The molecule has 6 heteroatoms. The monoisotopic (exact) mass is 275 g/mol. The van der Waals surface area contributed by atoms with Crippen molar-refractivity contribution < 1.29 is 4.79 Å². The molecule has 1 aromatic rings. The number of rotatable bonds is 3. The lowest BCUT2D eigenvalue weighted by molar-refractivity contribution is -0.118. The third-order valence-corrected chi connectivity index (χ3v) is 4.05. The Morgan fingerprint density at radius 1 is 0.950 bits per heavy atom. The molecule has 0 bridgehead atoms. The van der Waals surface area contributed by atoms with Crippen LogP contribution in [-0.2, 0) is 4.79 Å². The van der Waals surface area contributed by atoms with E-state index in [0.29, 0.717) is 0 Å². The predicted molar refractivity (Wildman–Crippen MR) is 77.9 cm³/mol.